The van der Waals surface area contributed by atoms with Crippen LogP contribution in [0.5, 0.6) is 0 Å². The van der Waals surface area contributed by atoms with Gasteiger partial charge in [-0.25, -0.2) is 9.78 Å². The number of nitrogens with one attached hydrogen (secondary N) is 4. The predicted octanol–water partition coefficient (Wildman–Crippen LogP) is 4.15. The summed E-state index contributed by atoms with van der Waals surface area (Å²) < 4.78 is 0. The minimum Gasteiger partial charge on any atom is -0.481 e. The number of aromatic nitrogens is 1. The Labute approximate surface area is 232 Å². The van der Waals surface area contributed by atoms with Crippen LogP contribution in [0.2, 0.25) is 10.0 Å². The number of hydrogen-bond acceptors (Lipinski definition) is 6. The lowest BCUT2D eigenvalue weighted by Crippen LogP contribution is -2.46. The average Bonchev–Trinajstić information content (AvgIpc) is 3.28. The van der Waals surface area contributed by atoms with E-state index in [2.05, 4.69) is 26.3 Å². The Morgan fingerprint density at radius 3 is 2.37 bits per heavy atom. The number of urea groups is 1. The smallest absolute Gasteiger partial charge is 0.321 e. The van der Waals surface area contributed by atoms with Crippen LogP contribution in [0.15, 0.2) is 53.9 Å². The highest BCUT2D eigenvalue weighted by Crippen LogP contribution is 2.25. The Bertz CT molecular complexity index is 1280. The zero-order valence-corrected chi connectivity index (χ0v) is 22.5. The van der Waals surface area contributed by atoms with Crippen LogP contribution in [0.25, 0.3) is 0 Å². The lowest BCUT2D eigenvalue weighted by atomic mass is 10.0. The van der Waals surface area contributed by atoms with E-state index in [1.165, 1.54) is 25.1 Å². The van der Waals surface area contributed by atoms with Gasteiger partial charge in [0.15, 0.2) is 5.13 Å². The highest BCUT2D eigenvalue weighted by atomic mass is 35.5. The van der Waals surface area contributed by atoms with Gasteiger partial charge >= 0.3 is 12.0 Å². The van der Waals surface area contributed by atoms with E-state index in [9.17, 15) is 24.3 Å². The fraction of sp³-hybridized carbons (Fsp3) is 0.240. The molecule has 5 N–H and O–H groups in total. The Balaban J connectivity index is 1.50. The summed E-state index contributed by atoms with van der Waals surface area (Å²) in [6.45, 7) is 1.83. The fourth-order valence-corrected chi connectivity index (χ4v) is 4.64. The third-order valence-corrected chi connectivity index (χ3v) is 6.41. The first-order chi connectivity index (χ1) is 18.1. The Kier molecular flexibility index (Phi) is 10.5. The van der Waals surface area contributed by atoms with Crippen molar-refractivity contribution >= 4 is 63.5 Å². The summed E-state index contributed by atoms with van der Waals surface area (Å²) in [5, 5.41) is 22.3. The lowest BCUT2D eigenvalue weighted by molar-refractivity contribution is -0.138. The number of anilines is 1. The lowest BCUT2D eigenvalue weighted by Gasteiger charge is -2.21. The molecular weight excluding hydrogens is 553 g/mol. The molecule has 0 aliphatic rings. The molecule has 0 fully saturated rings. The van der Waals surface area contributed by atoms with Gasteiger partial charge in [0.05, 0.1) is 24.6 Å². The van der Waals surface area contributed by atoms with Crippen LogP contribution in [0.3, 0.4) is 0 Å². The van der Waals surface area contributed by atoms with Gasteiger partial charge in [-0.3, -0.25) is 19.7 Å². The van der Waals surface area contributed by atoms with Gasteiger partial charge in [-0.2, -0.15) is 0 Å². The van der Waals surface area contributed by atoms with Crippen molar-refractivity contribution in [3.63, 3.8) is 0 Å². The topological polar surface area (TPSA) is 150 Å². The van der Waals surface area contributed by atoms with Gasteiger partial charge in [0.25, 0.3) is 0 Å². The molecule has 0 saturated carbocycles. The first-order valence-corrected chi connectivity index (χ1v) is 13.0. The second kappa shape index (κ2) is 13.8. The number of rotatable bonds is 11. The van der Waals surface area contributed by atoms with E-state index in [-0.39, 0.29) is 6.42 Å². The molecular formula is C25H25Cl2N5O5S. The quantitative estimate of drug-likeness (QED) is 0.231. The minimum atomic E-state index is -1.13. The zero-order chi connectivity index (χ0) is 27.7. The Morgan fingerprint density at radius 1 is 1.03 bits per heavy atom. The van der Waals surface area contributed by atoms with Gasteiger partial charge in [0.2, 0.25) is 11.8 Å². The van der Waals surface area contributed by atoms with Gasteiger partial charge in [-0.15, -0.1) is 11.3 Å². The van der Waals surface area contributed by atoms with Crippen LogP contribution in [-0.2, 0) is 27.3 Å². The zero-order valence-electron chi connectivity index (χ0n) is 20.2. The molecule has 0 bridgehead atoms. The molecule has 0 radical (unpaired) electrons. The number of carbonyl (C=O) groups is 4. The summed E-state index contributed by atoms with van der Waals surface area (Å²) >= 11 is 13.2. The molecule has 2 aromatic carbocycles. The van der Waals surface area contributed by atoms with E-state index in [1.54, 1.807) is 5.38 Å². The van der Waals surface area contributed by atoms with E-state index in [4.69, 9.17) is 23.2 Å². The summed E-state index contributed by atoms with van der Waals surface area (Å²) in [4.78, 5) is 52.9. The number of halogens is 2. The summed E-state index contributed by atoms with van der Waals surface area (Å²) in [7, 11) is 0. The molecule has 10 nitrogen and oxygen atoms in total. The van der Waals surface area contributed by atoms with Crippen LogP contribution in [0, 0.1) is 0 Å². The fourth-order valence-electron chi connectivity index (χ4n) is 3.39. The van der Waals surface area contributed by atoms with E-state index < -0.39 is 42.3 Å². The van der Waals surface area contributed by atoms with Crippen molar-refractivity contribution < 1.29 is 24.3 Å². The van der Waals surface area contributed by atoms with Gasteiger partial charge in [-0.05, 0) is 36.2 Å². The maximum Gasteiger partial charge on any atom is 0.321 e. The standard InChI is InChI=1S/C25H25Cl2N5O5S/c1-14(23(36)31-20(11-22(34)35)16-7-17(26)9-18(27)8-16)29-21(33)10-19-13-38-25(30-19)32-24(37)28-12-15-5-3-2-4-6-15/h2-9,13-14,20H,10-12H2,1H3,(H,29,33)(H,31,36)(H,34,35)(H2,28,30,32,37)/t14-,20?/m0/s1. The summed E-state index contributed by atoms with van der Waals surface area (Å²) in [5.74, 6) is -2.19. The molecule has 0 spiro atoms. The molecule has 200 valence electrons. The van der Waals surface area contributed by atoms with Crippen LogP contribution < -0.4 is 21.3 Å². The number of carboxylic acid groups (broad SMARTS) is 1. The van der Waals surface area contributed by atoms with E-state index in [0.717, 1.165) is 16.9 Å². The summed E-state index contributed by atoms with van der Waals surface area (Å²) in [5.41, 5.74) is 1.78. The molecule has 0 aliphatic carbocycles. The maximum atomic E-state index is 12.7. The summed E-state index contributed by atoms with van der Waals surface area (Å²) in [6.07, 6.45) is -0.527. The third-order valence-electron chi connectivity index (χ3n) is 5.16. The molecule has 1 heterocycles. The van der Waals surface area contributed by atoms with Crippen LogP contribution in [0.1, 0.15) is 36.2 Å². The number of carboxylic acids is 1. The normalized spacial score (nSPS) is 12.2. The number of benzene rings is 2. The number of thiazole rings is 1. The van der Waals surface area contributed by atoms with Gasteiger partial charge in [0, 0.05) is 22.0 Å². The van der Waals surface area contributed by atoms with E-state index >= 15 is 0 Å². The molecule has 2 atom stereocenters. The Morgan fingerprint density at radius 2 is 1.71 bits per heavy atom. The monoisotopic (exact) mass is 577 g/mol. The number of nitrogens with zero attached hydrogens (tertiary/aromatic N) is 1. The first-order valence-electron chi connectivity index (χ1n) is 11.4. The van der Waals surface area contributed by atoms with Crippen LogP contribution >= 0.6 is 34.5 Å². The highest BCUT2D eigenvalue weighted by Gasteiger charge is 2.23. The molecule has 0 aliphatic heterocycles. The first kappa shape index (κ1) is 28.9. The Hall–Kier alpha value is -3.67. The largest absolute Gasteiger partial charge is 0.481 e. The highest BCUT2D eigenvalue weighted by molar-refractivity contribution is 7.13. The van der Waals surface area contributed by atoms with Gasteiger partial charge < -0.3 is 21.1 Å². The van der Waals surface area contributed by atoms with Crippen LogP contribution in [-0.4, -0.2) is 39.9 Å². The van der Waals surface area contributed by atoms with Gasteiger partial charge in [0.1, 0.15) is 6.04 Å². The minimum absolute atomic E-state index is 0.121. The second-order valence-corrected chi connectivity index (χ2v) is 10.00. The number of aliphatic carboxylic acids is 1. The second-order valence-electron chi connectivity index (χ2n) is 8.27. The van der Waals surface area contributed by atoms with Crippen molar-refractivity contribution in [3.8, 4) is 0 Å². The molecule has 3 rings (SSSR count). The van der Waals surface area contributed by atoms with Crippen molar-refractivity contribution in [2.45, 2.75) is 38.4 Å². The maximum absolute atomic E-state index is 12.7. The van der Waals surface area contributed by atoms with Gasteiger partial charge in [-0.1, -0.05) is 53.5 Å². The molecule has 1 aromatic heterocycles. The van der Waals surface area contributed by atoms with Crippen molar-refractivity contribution in [2.24, 2.45) is 0 Å². The summed E-state index contributed by atoms with van der Waals surface area (Å²) in [6, 6.07) is 11.6. The van der Waals surface area contributed by atoms with Crippen LogP contribution in [0.4, 0.5) is 9.93 Å². The molecule has 38 heavy (non-hydrogen) atoms. The van der Waals surface area contributed by atoms with E-state index in [1.807, 2.05) is 30.3 Å². The molecule has 3 aromatic rings. The molecule has 13 heteroatoms. The molecule has 0 saturated heterocycles. The van der Waals surface area contributed by atoms with Crippen molar-refractivity contribution in [1.82, 2.24) is 20.9 Å². The average molecular weight is 578 g/mol. The van der Waals surface area contributed by atoms with Crippen molar-refractivity contribution in [3.05, 3.63) is 80.8 Å². The molecule has 4 amide bonds. The van der Waals surface area contributed by atoms with Crippen molar-refractivity contribution in [2.75, 3.05) is 5.32 Å². The predicted molar refractivity (Wildman–Crippen MR) is 145 cm³/mol. The van der Waals surface area contributed by atoms with E-state index in [0.29, 0.717) is 33.0 Å². The number of amides is 4. The third kappa shape index (κ3) is 9.33. The van der Waals surface area contributed by atoms with Crippen molar-refractivity contribution in [1.29, 1.82) is 0 Å². The molecule has 1 unspecified atom stereocenters. The number of hydrogen-bond donors (Lipinski definition) is 5. The SMILES string of the molecule is C[C@H](NC(=O)Cc1csc(NC(=O)NCc2ccccc2)n1)C(=O)NC(CC(=O)O)c1cc(Cl)cc(Cl)c1. The number of carbonyl (C=O) groups excluding carboxylic acids is 3.